The summed E-state index contributed by atoms with van der Waals surface area (Å²) in [4.78, 5) is 22.2. The highest BCUT2D eigenvalue weighted by Crippen LogP contribution is 2.22. The lowest BCUT2D eigenvalue weighted by molar-refractivity contribution is -0.383. The molecule has 1 aromatic rings. The van der Waals surface area contributed by atoms with Crippen molar-refractivity contribution in [1.82, 2.24) is 10.6 Å². The van der Waals surface area contributed by atoms with Crippen LogP contribution >= 0.6 is 12.4 Å². The summed E-state index contributed by atoms with van der Waals surface area (Å²) in [7, 11) is 0. The van der Waals surface area contributed by atoms with Crippen LogP contribution < -0.4 is 16.0 Å². The number of anilines is 1. The highest BCUT2D eigenvalue weighted by Gasteiger charge is 2.14. The van der Waals surface area contributed by atoms with Gasteiger partial charge in [-0.05, 0) is 44.3 Å². The van der Waals surface area contributed by atoms with Gasteiger partial charge in [0.2, 0.25) is 5.91 Å². The highest BCUT2D eigenvalue weighted by atomic mass is 35.5. The van der Waals surface area contributed by atoms with Crippen molar-refractivity contribution >= 4 is 29.7 Å². The molecule has 128 valence electrons. The monoisotopic (exact) mass is 342 g/mol. The predicted octanol–water partition coefficient (Wildman–Crippen LogP) is 1.93. The van der Waals surface area contributed by atoms with Crippen LogP contribution in [-0.4, -0.2) is 37.0 Å². The first-order valence-corrected chi connectivity index (χ1v) is 7.61. The van der Waals surface area contributed by atoms with Crippen LogP contribution in [0.5, 0.6) is 0 Å². The molecule has 0 aromatic heterocycles. The Bertz CT molecular complexity index is 521. The molecular weight excluding hydrogens is 320 g/mol. The van der Waals surface area contributed by atoms with Crippen molar-refractivity contribution in [2.75, 3.05) is 31.5 Å². The quantitative estimate of drug-likeness (QED) is 0.519. The first-order valence-electron chi connectivity index (χ1n) is 7.61. The van der Waals surface area contributed by atoms with Crippen LogP contribution in [0.1, 0.15) is 19.3 Å². The number of nitrogens with one attached hydrogen (secondary N) is 3. The van der Waals surface area contributed by atoms with E-state index in [4.69, 9.17) is 0 Å². The average Bonchev–Trinajstić information content (AvgIpc) is 2.54. The van der Waals surface area contributed by atoms with Crippen molar-refractivity contribution in [2.24, 2.45) is 5.92 Å². The van der Waals surface area contributed by atoms with Gasteiger partial charge in [0.05, 0.1) is 11.5 Å². The summed E-state index contributed by atoms with van der Waals surface area (Å²) >= 11 is 0. The predicted molar refractivity (Wildman–Crippen MR) is 92.1 cm³/mol. The summed E-state index contributed by atoms with van der Waals surface area (Å²) in [5, 5.41) is 19.9. The topological polar surface area (TPSA) is 96.3 Å². The van der Waals surface area contributed by atoms with Crippen LogP contribution in [-0.2, 0) is 4.79 Å². The van der Waals surface area contributed by atoms with E-state index in [0.717, 1.165) is 19.5 Å². The van der Waals surface area contributed by atoms with E-state index in [1.165, 1.54) is 18.9 Å². The third-order valence-electron chi connectivity index (χ3n) is 3.81. The van der Waals surface area contributed by atoms with E-state index >= 15 is 0 Å². The first-order chi connectivity index (χ1) is 10.7. The number of carbonyl (C=O) groups is 1. The van der Waals surface area contributed by atoms with Crippen molar-refractivity contribution in [3.63, 3.8) is 0 Å². The molecule has 1 unspecified atom stereocenters. The van der Waals surface area contributed by atoms with Crippen LogP contribution in [0, 0.1) is 16.0 Å². The van der Waals surface area contributed by atoms with Gasteiger partial charge in [0.15, 0.2) is 0 Å². The van der Waals surface area contributed by atoms with Crippen molar-refractivity contribution in [2.45, 2.75) is 19.3 Å². The van der Waals surface area contributed by atoms with Gasteiger partial charge in [-0.1, -0.05) is 12.1 Å². The third-order valence-corrected chi connectivity index (χ3v) is 3.81. The van der Waals surface area contributed by atoms with Gasteiger partial charge in [-0.3, -0.25) is 14.9 Å². The molecule has 0 spiro atoms. The van der Waals surface area contributed by atoms with Crippen LogP contribution in [0.3, 0.4) is 0 Å². The minimum absolute atomic E-state index is 0. The van der Waals surface area contributed by atoms with E-state index in [9.17, 15) is 14.9 Å². The van der Waals surface area contributed by atoms with Gasteiger partial charge >= 0.3 is 0 Å². The second kappa shape index (κ2) is 10.0. The molecule has 1 fully saturated rings. The molecule has 23 heavy (non-hydrogen) atoms. The maximum Gasteiger partial charge on any atom is 0.292 e. The van der Waals surface area contributed by atoms with E-state index in [0.29, 0.717) is 18.2 Å². The Morgan fingerprint density at radius 3 is 2.87 bits per heavy atom. The van der Waals surface area contributed by atoms with Gasteiger partial charge in [-0.2, -0.15) is 0 Å². The van der Waals surface area contributed by atoms with E-state index in [1.54, 1.807) is 18.2 Å². The molecule has 1 aliphatic rings. The van der Waals surface area contributed by atoms with Gasteiger partial charge in [-0.25, -0.2) is 0 Å². The SMILES string of the molecule is Cl.O=C(CNc1ccccc1[N+](=O)[O-])NCCC1CCCNC1. The lowest BCUT2D eigenvalue weighted by Gasteiger charge is -2.22. The van der Waals surface area contributed by atoms with Gasteiger partial charge in [0, 0.05) is 12.6 Å². The maximum absolute atomic E-state index is 11.8. The number of para-hydroxylation sites is 2. The Morgan fingerprint density at radius 2 is 2.17 bits per heavy atom. The van der Waals surface area contributed by atoms with Crippen LogP contribution in [0.25, 0.3) is 0 Å². The van der Waals surface area contributed by atoms with E-state index in [1.807, 2.05) is 0 Å². The van der Waals surface area contributed by atoms with Crippen LogP contribution in [0.4, 0.5) is 11.4 Å². The minimum atomic E-state index is -0.462. The molecule has 0 radical (unpaired) electrons. The zero-order valence-electron chi connectivity index (χ0n) is 12.9. The molecule has 0 bridgehead atoms. The molecule has 1 aliphatic heterocycles. The molecule has 0 saturated carbocycles. The van der Waals surface area contributed by atoms with Crippen LogP contribution in [0.15, 0.2) is 24.3 Å². The Labute approximate surface area is 141 Å². The number of halogens is 1. The largest absolute Gasteiger partial charge is 0.371 e. The van der Waals surface area contributed by atoms with E-state index in [-0.39, 0.29) is 30.5 Å². The second-order valence-corrected chi connectivity index (χ2v) is 5.48. The number of hydrogen-bond acceptors (Lipinski definition) is 5. The van der Waals surface area contributed by atoms with Crippen molar-refractivity contribution in [1.29, 1.82) is 0 Å². The summed E-state index contributed by atoms with van der Waals surface area (Å²) in [6, 6.07) is 6.31. The number of nitrogens with zero attached hydrogens (tertiary/aromatic N) is 1. The number of carbonyl (C=O) groups excluding carboxylic acids is 1. The summed E-state index contributed by atoms with van der Waals surface area (Å²) in [5.41, 5.74) is 0.336. The summed E-state index contributed by atoms with van der Waals surface area (Å²) in [6.45, 7) is 2.78. The molecule has 1 heterocycles. The van der Waals surface area contributed by atoms with Gasteiger partial charge in [0.1, 0.15) is 5.69 Å². The average molecular weight is 343 g/mol. The standard InChI is InChI=1S/C15H22N4O3.ClH/c20-15(17-9-7-12-4-3-8-16-10-12)11-18-13-5-1-2-6-14(13)19(21)22;/h1-2,5-6,12,16,18H,3-4,7-11H2,(H,17,20);1H. The molecule has 2 rings (SSSR count). The second-order valence-electron chi connectivity index (χ2n) is 5.48. The molecule has 3 N–H and O–H groups in total. The molecule has 8 heteroatoms. The molecule has 1 atom stereocenters. The smallest absolute Gasteiger partial charge is 0.292 e. The van der Waals surface area contributed by atoms with Gasteiger partial charge in [0.25, 0.3) is 5.69 Å². The fraction of sp³-hybridized carbons (Fsp3) is 0.533. The molecule has 0 aliphatic carbocycles. The number of amides is 1. The summed E-state index contributed by atoms with van der Waals surface area (Å²) < 4.78 is 0. The fourth-order valence-electron chi connectivity index (χ4n) is 2.61. The summed E-state index contributed by atoms with van der Waals surface area (Å²) in [6.07, 6.45) is 3.36. The number of rotatable bonds is 7. The number of benzene rings is 1. The molecular formula is C15H23ClN4O3. The molecule has 1 aromatic carbocycles. The Hall–Kier alpha value is -1.86. The van der Waals surface area contributed by atoms with Gasteiger partial charge in [-0.15, -0.1) is 12.4 Å². The Morgan fingerprint density at radius 1 is 1.39 bits per heavy atom. The van der Waals surface area contributed by atoms with Crippen LogP contribution in [0.2, 0.25) is 0 Å². The van der Waals surface area contributed by atoms with Crippen molar-refractivity contribution in [3.8, 4) is 0 Å². The maximum atomic E-state index is 11.8. The lowest BCUT2D eigenvalue weighted by atomic mass is 9.96. The summed E-state index contributed by atoms with van der Waals surface area (Å²) in [5.74, 6) is 0.471. The third kappa shape index (κ3) is 6.42. The molecule has 1 saturated heterocycles. The Kier molecular flexibility index (Phi) is 8.36. The fourth-order valence-corrected chi connectivity index (χ4v) is 2.61. The molecule has 7 nitrogen and oxygen atoms in total. The number of hydrogen-bond donors (Lipinski definition) is 3. The zero-order chi connectivity index (χ0) is 15.8. The zero-order valence-corrected chi connectivity index (χ0v) is 13.7. The first kappa shape index (κ1) is 19.2. The highest BCUT2D eigenvalue weighted by molar-refractivity contribution is 5.85. The number of nitro groups is 1. The van der Waals surface area contributed by atoms with Gasteiger partial charge < -0.3 is 16.0 Å². The van der Waals surface area contributed by atoms with E-state index < -0.39 is 4.92 Å². The number of nitro benzene ring substituents is 1. The lowest BCUT2D eigenvalue weighted by Crippen LogP contribution is -2.35. The normalized spacial score (nSPS) is 17.0. The van der Waals surface area contributed by atoms with E-state index in [2.05, 4.69) is 16.0 Å². The van der Waals surface area contributed by atoms with Crippen molar-refractivity contribution < 1.29 is 9.72 Å². The minimum Gasteiger partial charge on any atom is -0.371 e. The molecule has 1 amide bonds. The van der Waals surface area contributed by atoms with Crippen molar-refractivity contribution in [3.05, 3.63) is 34.4 Å². The Balaban J connectivity index is 0.00000264. The number of piperidine rings is 1.